The highest BCUT2D eigenvalue weighted by Gasteiger charge is 2.39. The van der Waals surface area contributed by atoms with Gasteiger partial charge in [0.2, 0.25) is 0 Å². The molecule has 2 aromatic rings. The second-order valence-corrected chi connectivity index (χ2v) is 6.92. The molecule has 1 aromatic heterocycles. The smallest absolute Gasteiger partial charge is 0.269 e. The van der Waals surface area contributed by atoms with Crippen molar-refractivity contribution >= 4 is 22.7 Å². The van der Waals surface area contributed by atoms with E-state index in [-0.39, 0.29) is 22.6 Å². The second kappa shape index (κ2) is 4.95. The van der Waals surface area contributed by atoms with Gasteiger partial charge in [0.25, 0.3) is 5.69 Å². The molecule has 2 heterocycles. The summed E-state index contributed by atoms with van der Waals surface area (Å²) in [5.74, 6) is 0.703. The van der Waals surface area contributed by atoms with Crippen LogP contribution in [0.5, 0.6) is 0 Å². The van der Waals surface area contributed by atoms with Gasteiger partial charge in [-0.2, -0.15) is 0 Å². The number of benzene rings is 1. The molecule has 112 valence electrons. The van der Waals surface area contributed by atoms with E-state index in [1.165, 1.54) is 10.4 Å². The Balaban J connectivity index is 1.80. The van der Waals surface area contributed by atoms with Crippen molar-refractivity contribution in [3.63, 3.8) is 0 Å². The van der Waals surface area contributed by atoms with E-state index in [9.17, 15) is 10.1 Å². The van der Waals surface area contributed by atoms with E-state index in [1.807, 2.05) is 6.07 Å². The quantitative estimate of drug-likeness (QED) is 0.493. The predicted octanol–water partition coefficient (Wildman–Crippen LogP) is 4.79. The number of thiophene rings is 1. The summed E-state index contributed by atoms with van der Waals surface area (Å²) in [7, 11) is 0. The third kappa shape index (κ3) is 1.96. The number of rotatable bonds is 2. The molecule has 1 aliphatic heterocycles. The average Bonchev–Trinajstić information content (AvgIpc) is 3.14. The highest BCUT2D eigenvalue weighted by atomic mass is 32.1. The van der Waals surface area contributed by atoms with E-state index in [4.69, 9.17) is 0 Å². The van der Waals surface area contributed by atoms with Gasteiger partial charge in [-0.05, 0) is 47.9 Å². The number of nitrogens with one attached hydrogen (secondary N) is 1. The van der Waals surface area contributed by atoms with Crippen molar-refractivity contribution < 1.29 is 4.92 Å². The molecule has 0 saturated carbocycles. The van der Waals surface area contributed by atoms with Gasteiger partial charge >= 0.3 is 0 Å². The Bertz CT molecular complexity index is 781. The fourth-order valence-electron chi connectivity index (χ4n) is 3.66. The Morgan fingerprint density at radius 1 is 1.36 bits per heavy atom. The molecule has 0 fully saturated rings. The highest BCUT2D eigenvalue weighted by Crippen LogP contribution is 2.51. The first-order valence-electron chi connectivity index (χ1n) is 7.40. The zero-order valence-corrected chi connectivity index (χ0v) is 13.0. The topological polar surface area (TPSA) is 55.2 Å². The molecule has 4 nitrogen and oxygen atoms in total. The van der Waals surface area contributed by atoms with Crippen molar-refractivity contribution in [2.45, 2.75) is 25.3 Å². The number of nitro groups is 1. The van der Waals surface area contributed by atoms with Crippen LogP contribution >= 0.6 is 11.3 Å². The van der Waals surface area contributed by atoms with E-state index in [1.54, 1.807) is 23.5 Å². The van der Waals surface area contributed by atoms with Crippen LogP contribution in [0.4, 0.5) is 11.4 Å². The number of hydrogen-bond donors (Lipinski definition) is 1. The molecule has 0 saturated heterocycles. The Morgan fingerprint density at radius 3 is 2.95 bits per heavy atom. The molecule has 0 spiro atoms. The maximum absolute atomic E-state index is 11.0. The monoisotopic (exact) mass is 312 g/mol. The Kier molecular flexibility index (Phi) is 3.04. The molecule has 3 atom stereocenters. The van der Waals surface area contributed by atoms with Crippen LogP contribution in [-0.2, 0) is 0 Å². The number of hydrogen-bond acceptors (Lipinski definition) is 4. The normalized spacial score (nSPS) is 25.4. The summed E-state index contributed by atoms with van der Waals surface area (Å²) in [6.07, 6.45) is 5.44. The number of nitro benzene ring substituents is 1. The number of fused-ring (bicyclic) bond motifs is 3. The van der Waals surface area contributed by atoms with Crippen molar-refractivity contribution in [3.05, 3.63) is 67.9 Å². The zero-order chi connectivity index (χ0) is 15.3. The lowest BCUT2D eigenvalue weighted by molar-refractivity contribution is -0.384. The molecule has 4 rings (SSSR count). The lowest BCUT2D eigenvalue weighted by Gasteiger charge is -2.37. The Morgan fingerprint density at radius 2 is 2.23 bits per heavy atom. The van der Waals surface area contributed by atoms with Crippen LogP contribution in [0.1, 0.15) is 34.4 Å². The van der Waals surface area contributed by atoms with E-state index in [0.717, 1.165) is 17.7 Å². The van der Waals surface area contributed by atoms with Crippen molar-refractivity contribution in [1.29, 1.82) is 0 Å². The Labute approximate surface area is 132 Å². The number of anilines is 1. The van der Waals surface area contributed by atoms with Crippen LogP contribution in [0.3, 0.4) is 0 Å². The molecule has 3 unspecified atom stereocenters. The van der Waals surface area contributed by atoms with Crippen LogP contribution in [-0.4, -0.2) is 4.92 Å². The minimum absolute atomic E-state index is 0.172. The minimum atomic E-state index is -0.316. The van der Waals surface area contributed by atoms with Crippen molar-refractivity contribution in [2.75, 3.05) is 5.32 Å². The molecule has 5 heteroatoms. The molecule has 2 aliphatic rings. The van der Waals surface area contributed by atoms with Crippen molar-refractivity contribution in [3.8, 4) is 0 Å². The summed E-state index contributed by atoms with van der Waals surface area (Å²) in [4.78, 5) is 12.1. The van der Waals surface area contributed by atoms with E-state index < -0.39 is 0 Å². The Hall–Kier alpha value is -2.14. The molecule has 0 amide bonds. The lowest BCUT2D eigenvalue weighted by Crippen LogP contribution is -2.28. The minimum Gasteiger partial charge on any atom is -0.377 e. The first-order valence-corrected chi connectivity index (χ1v) is 8.28. The third-order valence-corrected chi connectivity index (χ3v) is 5.84. The summed E-state index contributed by atoms with van der Waals surface area (Å²) < 4.78 is 0. The third-order valence-electron chi connectivity index (χ3n) is 4.74. The van der Waals surface area contributed by atoms with Gasteiger partial charge in [0.05, 0.1) is 11.0 Å². The standard InChI is InChI=1S/C17H16N2O2S/c1-10-7-8-22-17(10)16-13-4-2-3-12(13)14-9-11(19(20)21)5-6-15(14)18-16/h2-3,5-9,12-13,16,18H,4H2,1H3. The van der Waals surface area contributed by atoms with Crippen LogP contribution in [0.2, 0.25) is 0 Å². The molecule has 1 aromatic carbocycles. The van der Waals surface area contributed by atoms with Crippen LogP contribution in [0, 0.1) is 23.0 Å². The maximum atomic E-state index is 11.0. The largest absolute Gasteiger partial charge is 0.377 e. The van der Waals surface area contributed by atoms with Gasteiger partial charge in [0, 0.05) is 28.6 Å². The molecule has 22 heavy (non-hydrogen) atoms. The molecule has 0 bridgehead atoms. The lowest BCUT2D eigenvalue weighted by atomic mass is 9.78. The van der Waals surface area contributed by atoms with Gasteiger partial charge in [-0.1, -0.05) is 12.2 Å². The fraction of sp³-hybridized carbons (Fsp3) is 0.294. The van der Waals surface area contributed by atoms with Gasteiger partial charge in [-0.3, -0.25) is 10.1 Å². The molecule has 0 radical (unpaired) electrons. The summed E-state index contributed by atoms with van der Waals surface area (Å²) in [5, 5.41) is 16.8. The van der Waals surface area contributed by atoms with E-state index in [0.29, 0.717) is 5.92 Å². The molecular weight excluding hydrogens is 296 g/mol. The predicted molar refractivity (Wildman–Crippen MR) is 88.5 cm³/mol. The summed E-state index contributed by atoms with van der Waals surface area (Å²) in [6.45, 7) is 2.15. The summed E-state index contributed by atoms with van der Waals surface area (Å²) in [6, 6.07) is 7.61. The van der Waals surface area contributed by atoms with E-state index in [2.05, 4.69) is 35.8 Å². The first kappa shape index (κ1) is 13.5. The SMILES string of the molecule is Cc1ccsc1C1Nc2ccc([N+](=O)[O-])cc2C2C=CCC21. The van der Waals surface area contributed by atoms with Crippen LogP contribution < -0.4 is 5.32 Å². The summed E-state index contributed by atoms with van der Waals surface area (Å²) in [5.41, 5.74) is 3.57. The number of non-ortho nitro benzene ring substituents is 1. The van der Waals surface area contributed by atoms with Gasteiger partial charge in [-0.25, -0.2) is 0 Å². The van der Waals surface area contributed by atoms with Gasteiger partial charge in [0.1, 0.15) is 0 Å². The fourth-order valence-corrected chi connectivity index (χ4v) is 4.71. The highest BCUT2D eigenvalue weighted by molar-refractivity contribution is 7.10. The molecule has 1 aliphatic carbocycles. The maximum Gasteiger partial charge on any atom is 0.269 e. The molecule has 1 N–H and O–H groups in total. The second-order valence-electron chi connectivity index (χ2n) is 5.97. The zero-order valence-electron chi connectivity index (χ0n) is 12.2. The number of aryl methyl sites for hydroxylation is 1. The van der Waals surface area contributed by atoms with Crippen molar-refractivity contribution in [2.24, 2.45) is 5.92 Å². The first-order chi connectivity index (χ1) is 10.6. The van der Waals surface area contributed by atoms with Crippen LogP contribution in [0.15, 0.2) is 41.8 Å². The van der Waals surface area contributed by atoms with Gasteiger partial charge in [0.15, 0.2) is 0 Å². The van der Waals surface area contributed by atoms with Crippen molar-refractivity contribution in [1.82, 2.24) is 0 Å². The van der Waals surface area contributed by atoms with E-state index >= 15 is 0 Å². The summed E-state index contributed by atoms with van der Waals surface area (Å²) >= 11 is 1.79. The average molecular weight is 312 g/mol. The number of allylic oxidation sites excluding steroid dienone is 2. The number of nitrogens with zero attached hydrogens (tertiary/aromatic N) is 1. The molecular formula is C17H16N2O2S. The van der Waals surface area contributed by atoms with Gasteiger partial charge in [-0.15, -0.1) is 11.3 Å². The van der Waals surface area contributed by atoms with Crippen LogP contribution in [0.25, 0.3) is 0 Å². The van der Waals surface area contributed by atoms with Gasteiger partial charge < -0.3 is 5.32 Å².